The molecule has 128 valence electrons. The van der Waals surface area contributed by atoms with E-state index in [1.165, 1.54) is 26.4 Å². The number of carboxylic acid groups (broad SMARTS) is 1. The fourth-order valence-electron chi connectivity index (χ4n) is 2.50. The van der Waals surface area contributed by atoms with E-state index >= 15 is 0 Å². The topological polar surface area (TPSA) is 114 Å². The number of methoxy groups -OCH3 is 2. The molecule has 0 bridgehead atoms. The van der Waals surface area contributed by atoms with Crippen LogP contribution >= 0.6 is 0 Å². The summed E-state index contributed by atoms with van der Waals surface area (Å²) in [6.07, 6.45) is 0.230. The summed E-state index contributed by atoms with van der Waals surface area (Å²) in [6.45, 7) is 0.700. The molecule has 9 heteroatoms. The van der Waals surface area contributed by atoms with Crippen LogP contribution in [-0.2, 0) is 14.8 Å². The molecule has 1 aromatic rings. The molecule has 2 rings (SSSR count). The Balaban J connectivity index is 2.23. The quantitative estimate of drug-likeness (QED) is 0.668. The first-order valence-corrected chi connectivity index (χ1v) is 8.53. The second kappa shape index (κ2) is 7.16. The molecule has 1 saturated heterocycles. The summed E-state index contributed by atoms with van der Waals surface area (Å²) in [6, 6.07) is 3.96. The minimum absolute atomic E-state index is 0.0446. The lowest BCUT2D eigenvalue weighted by Gasteiger charge is -2.28. The van der Waals surface area contributed by atoms with E-state index in [-0.39, 0.29) is 17.1 Å². The van der Waals surface area contributed by atoms with E-state index in [1.807, 2.05) is 0 Å². The second-order valence-electron chi connectivity index (χ2n) is 5.26. The van der Waals surface area contributed by atoms with Gasteiger partial charge in [-0.15, -0.1) is 0 Å². The lowest BCUT2D eigenvalue weighted by Crippen LogP contribution is -2.50. The van der Waals surface area contributed by atoms with E-state index in [0.29, 0.717) is 18.8 Å². The molecule has 0 aliphatic carbocycles. The molecule has 0 saturated carbocycles. The molecule has 23 heavy (non-hydrogen) atoms. The number of aliphatic carboxylic acids is 1. The number of piperidine rings is 1. The molecule has 0 spiro atoms. The second-order valence-corrected chi connectivity index (χ2v) is 6.95. The Kier molecular flexibility index (Phi) is 5.45. The number of rotatable bonds is 6. The van der Waals surface area contributed by atoms with E-state index in [0.717, 1.165) is 0 Å². The Labute approximate surface area is 134 Å². The summed E-state index contributed by atoms with van der Waals surface area (Å²) in [7, 11) is -1.06. The van der Waals surface area contributed by atoms with Crippen LogP contribution in [0.5, 0.6) is 11.5 Å². The average Bonchev–Trinajstić information content (AvgIpc) is 2.54. The molecule has 1 aliphatic rings. The minimum Gasteiger partial charge on any atom is -0.497 e. The first-order chi connectivity index (χ1) is 10.9. The number of hydrogen-bond acceptors (Lipinski definition) is 6. The van der Waals surface area contributed by atoms with Gasteiger partial charge >= 0.3 is 5.97 Å². The van der Waals surface area contributed by atoms with Crippen LogP contribution in [0.4, 0.5) is 0 Å². The predicted octanol–water partition coefficient (Wildman–Crippen LogP) is 0.0448. The van der Waals surface area contributed by atoms with E-state index < -0.39 is 28.0 Å². The number of nitrogens with one attached hydrogen (secondary N) is 2. The van der Waals surface area contributed by atoms with Crippen LogP contribution in [0.2, 0.25) is 0 Å². The Morgan fingerprint density at radius 1 is 1.30 bits per heavy atom. The molecule has 8 nitrogen and oxygen atoms in total. The van der Waals surface area contributed by atoms with Crippen LogP contribution in [-0.4, -0.2) is 52.8 Å². The lowest BCUT2D eigenvalue weighted by atomic mass is 9.97. The van der Waals surface area contributed by atoms with Crippen molar-refractivity contribution in [1.82, 2.24) is 10.0 Å². The molecular formula is C14H20N2O6S. The number of carboxylic acids is 1. The van der Waals surface area contributed by atoms with E-state index in [2.05, 4.69) is 10.0 Å². The molecule has 0 unspecified atom stereocenters. The van der Waals surface area contributed by atoms with Crippen LogP contribution in [0.15, 0.2) is 23.1 Å². The normalized spacial score (nSPS) is 21.7. The van der Waals surface area contributed by atoms with Crippen LogP contribution < -0.4 is 19.5 Å². The molecule has 2 atom stereocenters. The van der Waals surface area contributed by atoms with Gasteiger partial charge in [0.05, 0.1) is 20.1 Å². The van der Waals surface area contributed by atoms with Crippen LogP contribution in [0, 0.1) is 5.92 Å². The highest BCUT2D eigenvalue weighted by Gasteiger charge is 2.31. The first-order valence-electron chi connectivity index (χ1n) is 7.05. The summed E-state index contributed by atoms with van der Waals surface area (Å²) in [4.78, 5) is 11.0. The summed E-state index contributed by atoms with van der Waals surface area (Å²) >= 11 is 0. The third-order valence-electron chi connectivity index (χ3n) is 3.68. The SMILES string of the molecule is COc1ccc(OC)c(S(=O)(=O)N[C@H]2CNC[C@@H](C(=O)O)C2)c1. The van der Waals surface area contributed by atoms with Crippen molar-refractivity contribution in [1.29, 1.82) is 0 Å². The standard InChI is InChI=1S/C14H20N2O6S/c1-21-11-3-4-12(22-2)13(6-11)23(19,20)16-10-5-9(14(17)18)7-15-8-10/h3-4,6,9-10,15-16H,5,7-8H2,1-2H3,(H,17,18)/t9-,10+/m0/s1. The van der Waals surface area contributed by atoms with Gasteiger partial charge in [0.25, 0.3) is 0 Å². The zero-order valence-corrected chi connectivity index (χ0v) is 13.7. The fraction of sp³-hybridized carbons (Fsp3) is 0.500. The third kappa shape index (κ3) is 4.12. The minimum atomic E-state index is -3.87. The highest BCUT2D eigenvalue weighted by molar-refractivity contribution is 7.89. The maximum Gasteiger partial charge on any atom is 0.307 e. The van der Waals surface area contributed by atoms with Gasteiger partial charge in [-0.25, -0.2) is 13.1 Å². The summed E-state index contributed by atoms with van der Waals surface area (Å²) in [5.74, 6) is -0.989. The number of ether oxygens (including phenoxy) is 2. The van der Waals surface area contributed by atoms with Crippen molar-refractivity contribution >= 4 is 16.0 Å². The monoisotopic (exact) mass is 344 g/mol. The van der Waals surface area contributed by atoms with Crippen molar-refractivity contribution in [2.75, 3.05) is 27.3 Å². The zero-order valence-electron chi connectivity index (χ0n) is 12.9. The summed E-state index contributed by atoms with van der Waals surface area (Å²) in [5, 5.41) is 12.0. The predicted molar refractivity (Wildman–Crippen MR) is 82.3 cm³/mol. The first kappa shape index (κ1) is 17.5. The van der Waals surface area contributed by atoms with Gasteiger partial charge in [0.2, 0.25) is 10.0 Å². The lowest BCUT2D eigenvalue weighted by molar-refractivity contribution is -0.142. The van der Waals surface area contributed by atoms with Crippen molar-refractivity contribution in [2.24, 2.45) is 5.92 Å². The van der Waals surface area contributed by atoms with Gasteiger partial charge < -0.3 is 19.9 Å². The Hall–Kier alpha value is -1.84. The van der Waals surface area contributed by atoms with Gasteiger partial charge in [-0.1, -0.05) is 0 Å². The Morgan fingerprint density at radius 2 is 2.04 bits per heavy atom. The number of benzene rings is 1. The van der Waals surface area contributed by atoms with Gasteiger partial charge in [0.1, 0.15) is 16.4 Å². The van der Waals surface area contributed by atoms with Gasteiger partial charge in [0.15, 0.2) is 0 Å². The highest BCUT2D eigenvalue weighted by Crippen LogP contribution is 2.28. The maximum absolute atomic E-state index is 12.6. The summed E-state index contributed by atoms with van der Waals surface area (Å²) < 4.78 is 37.9. The molecule has 0 radical (unpaired) electrons. The summed E-state index contributed by atoms with van der Waals surface area (Å²) in [5.41, 5.74) is 0. The Bertz CT molecular complexity index is 676. The van der Waals surface area contributed by atoms with Crippen LogP contribution in [0.25, 0.3) is 0 Å². The van der Waals surface area contributed by atoms with Crippen molar-refractivity contribution < 1.29 is 27.8 Å². The molecular weight excluding hydrogens is 324 g/mol. The number of carbonyl (C=O) groups is 1. The maximum atomic E-state index is 12.6. The van der Waals surface area contributed by atoms with Crippen molar-refractivity contribution in [3.8, 4) is 11.5 Å². The van der Waals surface area contributed by atoms with Crippen LogP contribution in [0.3, 0.4) is 0 Å². The van der Waals surface area contributed by atoms with Crippen molar-refractivity contribution in [2.45, 2.75) is 17.4 Å². The van der Waals surface area contributed by atoms with Gasteiger partial charge in [-0.2, -0.15) is 0 Å². The van der Waals surface area contributed by atoms with Crippen molar-refractivity contribution in [3.63, 3.8) is 0 Å². The molecule has 1 heterocycles. The van der Waals surface area contributed by atoms with Gasteiger partial charge in [-0.05, 0) is 18.6 Å². The third-order valence-corrected chi connectivity index (χ3v) is 5.22. The zero-order chi connectivity index (χ0) is 17.0. The molecule has 0 amide bonds. The Morgan fingerprint density at radius 3 is 2.65 bits per heavy atom. The van der Waals surface area contributed by atoms with E-state index in [1.54, 1.807) is 6.07 Å². The molecule has 3 N–H and O–H groups in total. The molecule has 1 aliphatic heterocycles. The van der Waals surface area contributed by atoms with E-state index in [4.69, 9.17) is 14.6 Å². The highest BCUT2D eigenvalue weighted by atomic mass is 32.2. The smallest absolute Gasteiger partial charge is 0.307 e. The van der Waals surface area contributed by atoms with Gasteiger partial charge in [-0.3, -0.25) is 4.79 Å². The molecule has 1 aromatic carbocycles. The number of sulfonamides is 1. The largest absolute Gasteiger partial charge is 0.497 e. The van der Waals surface area contributed by atoms with E-state index in [9.17, 15) is 13.2 Å². The number of hydrogen-bond donors (Lipinski definition) is 3. The fourth-order valence-corrected chi connectivity index (χ4v) is 3.93. The average molecular weight is 344 g/mol. The van der Waals surface area contributed by atoms with Crippen molar-refractivity contribution in [3.05, 3.63) is 18.2 Å². The van der Waals surface area contributed by atoms with Gasteiger partial charge in [0, 0.05) is 25.2 Å². The molecule has 0 aromatic heterocycles. The molecule has 1 fully saturated rings. The van der Waals surface area contributed by atoms with Crippen LogP contribution in [0.1, 0.15) is 6.42 Å².